The molecule has 0 spiro atoms. The lowest BCUT2D eigenvalue weighted by atomic mass is 9.86. The SMILES string of the molecule is COC(=O)C1CCC(Nc2nc3ccc(F)cc3[nH]2)CC1. The molecule has 0 radical (unpaired) electrons. The molecule has 1 heterocycles. The summed E-state index contributed by atoms with van der Waals surface area (Å²) in [6.07, 6.45) is 3.43. The minimum atomic E-state index is -0.281. The van der Waals surface area contributed by atoms with Gasteiger partial charge in [-0.15, -0.1) is 0 Å². The first kappa shape index (κ1) is 13.9. The van der Waals surface area contributed by atoms with Crippen molar-refractivity contribution in [2.75, 3.05) is 12.4 Å². The van der Waals surface area contributed by atoms with E-state index in [1.807, 2.05) is 0 Å². The number of hydrogen-bond donors (Lipinski definition) is 2. The summed E-state index contributed by atoms with van der Waals surface area (Å²) in [6, 6.07) is 4.76. The number of carbonyl (C=O) groups is 1. The minimum absolute atomic E-state index is 0.0119. The number of nitrogens with zero attached hydrogens (tertiary/aromatic N) is 1. The number of aromatic nitrogens is 2. The summed E-state index contributed by atoms with van der Waals surface area (Å²) in [7, 11) is 1.43. The van der Waals surface area contributed by atoms with Crippen molar-refractivity contribution < 1.29 is 13.9 Å². The van der Waals surface area contributed by atoms with E-state index in [0.717, 1.165) is 31.2 Å². The van der Waals surface area contributed by atoms with Crippen LogP contribution in [0.2, 0.25) is 0 Å². The second-order valence-electron chi connectivity index (χ2n) is 5.46. The Morgan fingerprint density at radius 3 is 2.86 bits per heavy atom. The lowest BCUT2D eigenvalue weighted by molar-refractivity contribution is -0.146. The van der Waals surface area contributed by atoms with E-state index in [0.29, 0.717) is 11.5 Å². The maximum atomic E-state index is 13.1. The normalized spacial score (nSPS) is 22.2. The predicted octanol–water partition coefficient (Wildman–Crippen LogP) is 2.85. The molecule has 0 unspecified atom stereocenters. The van der Waals surface area contributed by atoms with Crippen LogP contribution in [0, 0.1) is 11.7 Å². The Morgan fingerprint density at radius 1 is 1.38 bits per heavy atom. The number of esters is 1. The number of fused-ring (bicyclic) bond motifs is 1. The van der Waals surface area contributed by atoms with E-state index in [1.54, 1.807) is 6.07 Å². The molecule has 112 valence electrons. The van der Waals surface area contributed by atoms with E-state index in [4.69, 9.17) is 4.74 Å². The van der Waals surface area contributed by atoms with Crippen molar-refractivity contribution in [3.05, 3.63) is 24.0 Å². The zero-order chi connectivity index (χ0) is 14.8. The molecule has 0 bridgehead atoms. The minimum Gasteiger partial charge on any atom is -0.469 e. The Morgan fingerprint density at radius 2 is 2.14 bits per heavy atom. The van der Waals surface area contributed by atoms with Crippen LogP contribution in [0.4, 0.5) is 10.3 Å². The van der Waals surface area contributed by atoms with E-state index >= 15 is 0 Å². The van der Waals surface area contributed by atoms with Gasteiger partial charge in [0.1, 0.15) is 5.82 Å². The number of anilines is 1. The van der Waals surface area contributed by atoms with Gasteiger partial charge in [0.15, 0.2) is 0 Å². The van der Waals surface area contributed by atoms with Crippen LogP contribution in [0.5, 0.6) is 0 Å². The summed E-state index contributed by atoms with van der Waals surface area (Å²) < 4.78 is 17.9. The smallest absolute Gasteiger partial charge is 0.308 e. The molecule has 0 amide bonds. The van der Waals surface area contributed by atoms with Gasteiger partial charge in [-0.3, -0.25) is 4.79 Å². The number of methoxy groups -OCH3 is 1. The standard InChI is InChI=1S/C15H18FN3O2/c1-21-14(20)9-2-5-11(6-3-9)17-15-18-12-7-4-10(16)8-13(12)19-15/h4,7-9,11H,2-3,5-6H2,1H3,(H2,17,18,19). The highest BCUT2D eigenvalue weighted by atomic mass is 19.1. The first-order valence-electron chi connectivity index (χ1n) is 7.15. The first-order chi connectivity index (χ1) is 10.2. The first-order valence-corrected chi connectivity index (χ1v) is 7.15. The molecule has 1 fully saturated rings. The van der Waals surface area contributed by atoms with E-state index < -0.39 is 0 Å². The van der Waals surface area contributed by atoms with E-state index in [1.165, 1.54) is 19.2 Å². The van der Waals surface area contributed by atoms with Gasteiger partial charge in [-0.25, -0.2) is 9.37 Å². The molecule has 1 aromatic heterocycles. The Hall–Kier alpha value is -2.11. The van der Waals surface area contributed by atoms with Crippen LogP contribution in [-0.4, -0.2) is 29.1 Å². The Bertz CT molecular complexity index is 647. The van der Waals surface area contributed by atoms with Crippen molar-refractivity contribution in [3.63, 3.8) is 0 Å². The monoisotopic (exact) mass is 291 g/mol. The number of aromatic amines is 1. The average Bonchev–Trinajstić information content (AvgIpc) is 2.88. The highest BCUT2D eigenvalue weighted by Crippen LogP contribution is 2.27. The van der Waals surface area contributed by atoms with Crippen LogP contribution in [0.1, 0.15) is 25.7 Å². The molecular formula is C15H18FN3O2. The van der Waals surface area contributed by atoms with Crippen molar-refractivity contribution in [1.82, 2.24) is 9.97 Å². The van der Waals surface area contributed by atoms with Crippen LogP contribution in [0.3, 0.4) is 0 Å². The summed E-state index contributed by atoms with van der Waals surface area (Å²) in [4.78, 5) is 19.0. The third-order valence-corrected chi connectivity index (χ3v) is 4.05. The van der Waals surface area contributed by atoms with Crippen LogP contribution in [0.25, 0.3) is 11.0 Å². The quantitative estimate of drug-likeness (QED) is 0.853. The molecule has 2 N–H and O–H groups in total. The van der Waals surface area contributed by atoms with Gasteiger partial charge in [-0.1, -0.05) is 0 Å². The van der Waals surface area contributed by atoms with Crippen molar-refractivity contribution in [2.24, 2.45) is 5.92 Å². The highest BCUT2D eigenvalue weighted by molar-refractivity contribution is 5.77. The van der Waals surface area contributed by atoms with Crippen molar-refractivity contribution >= 4 is 23.0 Å². The van der Waals surface area contributed by atoms with Crippen molar-refractivity contribution in [2.45, 2.75) is 31.7 Å². The number of hydrogen-bond acceptors (Lipinski definition) is 4. The molecular weight excluding hydrogens is 273 g/mol. The van der Waals surface area contributed by atoms with Gasteiger partial charge in [-0.2, -0.15) is 0 Å². The molecule has 0 aliphatic heterocycles. The summed E-state index contributed by atoms with van der Waals surface area (Å²) in [6.45, 7) is 0. The molecule has 0 saturated heterocycles. The number of ether oxygens (including phenoxy) is 1. The fourth-order valence-corrected chi connectivity index (χ4v) is 2.88. The number of H-pyrrole nitrogens is 1. The molecule has 21 heavy (non-hydrogen) atoms. The van der Waals surface area contributed by atoms with Crippen LogP contribution in [-0.2, 0) is 9.53 Å². The fourth-order valence-electron chi connectivity index (χ4n) is 2.88. The van der Waals surface area contributed by atoms with Gasteiger partial charge in [0.25, 0.3) is 0 Å². The Balaban J connectivity index is 1.63. The van der Waals surface area contributed by atoms with Gasteiger partial charge in [-0.05, 0) is 43.9 Å². The highest BCUT2D eigenvalue weighted by Gasteiger charge is 2.27. The molecule has 1 aromatic carbocycles. The summed E-state index contributed by atoms with van der Waals surface area (Å²) in [5, 5.41) is 3.33. The summed E-state index contributed by atoms with van der Waals surface area (Å²) >= 11 is 0. The topological polar surface area (TPSA) is 67.0 Å². The molecule has 0 atom stereocenters. The van der Waals surface area contributed by atoms with Gasteiger partial charge in [0, 0.05) is 6.04 Å². The second-order valence-corrected chi connectivity index (χ2v) is 5.46. The van der Waals surface area contributed by atoms with E-state index in [-0.39, 0.29) is 23.7 Å². The maximum Gasteiger partial charge on any atom is 0.308 e. The maximum absolute atomic E-state index is 13.1. The zero-order valence-corrected chi connectivity index (χ0v) is 11.9. The lowest BCUT2D eigenvalue weighted by Crippen LogP contribution is -2.30. The third-order valence-electron chi connectivity index (χ3n) is 4.05. The number of benzene rings is 1. The van der Waals surface area contributed by atoms with E-state index in [2.05, 4.69) is 15.3 Å². The number of nitrogens with one attached hydrogen (secondary N) is 2. The summed E-state index contributed by atoms with van der Waals surface area (Å²) in [5.41, 5.74) is 1.42. The Kier molecular flexibility index (Phi) is 3.77. The van der Waals surface area contributed by atoms with Gasteiger partial charge in [0.2, 0.25) is 5.95 Å². The molecule has 3 rings (SSSR count). The van der Waals surface area contributed by atoms with E-state index in [9.17, 15) is 9.18 Å². The van der Waals surface area contributed by atoms with Crippen LogP contribution >= 0.6 is 0 Å². The number of imidazole rings is 1. The van der Waals surface area contributed by atoms with Crippen molar-refractivity contribution in [3.8, 4) is 0 Å². The third kappa shape index (κ3) is 2.99. The largest absolute Gasteiger partial charge is 0.469 e. The van der Waals surface area contributed by atoms with Gasteiger partial charge in [0.05, 0.1) is 24.1 Å². The van der Waals surface area contributed by atoms with Crippen LogP contribution in [0.15, 0.2) is 18.2 Å². The van der Waals surface area contributed by atoms with Crippen LogP contribution < -0.4 is 5.32 Å². The number of carbonyl (C=O) groups excluding carboxylic acids is 1. The van der Waals surface area contributed by atoms with Gasteiger partial charge >= 0.3 is 5.97 Å². The van der Waals surface area contributed by atoms with Gasteiger partial charge < -0.3 is 15.0 Å². The summed E-state index contributed by atoms with van der Waals surface area (Å²) in [5.74, 6) is 0.263. The number of rotatable bonds is 3. The molecule has 1 aliphatic rings. The average molecular weight is 291 g/mol. The Labute approximate surface area is 121 Å². The molecule has 1 aliphatic carbocycles. The molecule has 1 saturated carbocycles. The molecule has 5 nitrogen and oxygen atoms in total. The lowest BCUT2D eigenvalue weighted by Gasteiger charge is -2.27. The zero-order valence-electron chi connectivity index (χ0n) is 11.9. The predicted molar refractivity (Wildman–Crippen MR) is 77.4 cm³/mol. The molecule has 6 heteroatoms. The van der Waals surface area contributed by atoms with Crippen molar-refractivity contribution in [1.29, 1.82) is 0 Å². The fraction of sp³-hybridized carbons (Fsp3) is 0.467. The second kappa shape index (κ2) is 5.71. The molecule has 2 aromatic rings. The number of halogens is 1.